The lowest BCUT2D eigenvalue weighted by Crippen LogP contribution is -2.35. The van der Waals surface area contributed by atoms with Gasteiger partial charge in [0.05, 0.1) is 12.8 Å². The average molecular weight is 331 g/mol. The van der Waals surface area contributed by atoms with Crippen molar-refractivity contribution < 1.29 is 9.13 Å². The summed E-state index contributed by atoms with van der Waals surface area (Å²) in [4.78, 5) is 21.9. The zero-order valence-electron chi connectivity index (χ0n) is 14.2. The topological polar surface area (TPSA) is 58.2 Å². The molecular formula is C18H22FN3O2. The van der Waals surface area contributed by atoms with Crippen molar-refractivity contribution in [3.05, 3.63) is 57.0 Å². The van der Waals surface area contributed by atoms with Gasteiger partial charge in [0.1, 0.15) is 5.82 Å². The molecule has 1 aliphatic heterocycles. The molecule has 1 aromatic heterocycles. The quantitative estimate of drug-likeness (QED) is 0.935. The van der Waals surface area contributed by atoms with Crippen molar-refractivity contribution in [3.63, 3.8) is 0 Å². The highest BCUT2D eigenvalue weighted by molar-refractivity contribution is 5.29. The molecular weight excluding hydrogens is 309 g/mol. The van der Waals surface area contributed by atoms with Crippen LogP contribution in [0.4, 0.5) is 4.39 Å². The smallest absolute Gasteiger partial charge is 0.254 e. The molecule has 0 saturated carbocycles. The number of nitrogens with zero attached hydrogens (tertiary/aromatic N) is 2. The Bertz CT molecular complexity index is 801. The number of ether oxygens (including phenoxy) is 1. The number of nitrogens with one attached hydrogen (secondary N) is 1. The number of halogens is 1. The van der Waals surface area contributed by atoms with Crippen molar-refractivity contribution in [3.8, 4) is 5.75 Å². The van der Waals surface area contributed by atoms with Crippen LogP contribution in [0.1, 0.15) is 42.4 Å². The molecule has 0 fully saturated rings. The van der Waals surface area contributed by atoms with Crippen molar-refractivity contribution in [1.29, 1.82) is 0 Å². The number of aromatic nitrogens is 2. The Balaban J connectivity index is 1.79. The molecule has 0 saturated heterocycles. The SMILES string of the molecule is COc1ccc(CN2CCc3c(nc(C(C)C)[nH]c3=O)C2)cc1F. The van der Waals surface area contributed by atoms with Gasteiger partial charge in [0.25, 0.3) is 5.56 Å². The maximum atomic E-state index is 13.8. The van der Waals surface area contributed by atoms with E-state index in [4.69, 9.17) is 4.74 Å². The van der Waals surface area contributed by atoms with Crippen molar-refractivity contribution in [2.45, 2.75) is 39.3 Å². The third-order valence-electron chi connectivity index (χ3n) is 4.34. The van der Waals surface area contributed by atoms with E-state index in [1.807, 2.05) is 19.9 Å². The molecule has 2 aromatic rings. The van der Waals surface area contributed by atoms with E-state index in [2.05, 4.69) is 14.9 Å². The molecule has 2 heterocycles. The molecule has 1 aliphatic rings. The van der Waals surface area contributed by atoms with Crippen molar-refractivity contribution in [2.75, 3.05) is 13.7 Å². The predicted molar refractivity (Wildman–Crippen MR) is 89.7 cm³/mol. The first-order valence-electron chi connectivity index (χ1n) is 8.14. The highest BCUT2D eigenvalue weighted by Gasteiger charge is 2.22. The summed E-state index contributed by atoms with van der Waals surface area (Å²) in [6.07, 6.45) is 0.661. The molecule has 6 heteroatoms. The summed E-state index contributed by atoms with van der Waals surface area (Å²) in [6, 6.07) is 5.00. The second-order valence-electron chi connectivity index (χ2n) is 6.46. The number of H-pyrrole nitrogens is 1. The van der Waals surface area contributed by atoms with E-state index in [0.29, 0.717) is 19.5 Å². The molecule has 0 atom stereocenters. The van der Waals surface area contributed by atoms with Crippen LogP contribution < -0.4 is 10.3 Å². The highest BCUT2D eigenvalue weighted by Crippen LogP contribution is 2.21. The van der Waals surface area contributed by atoms with Crippen LogP contribution in [-0.4, -0.2) is 28.5 Å². The van der Waals surface area contributed by atoms with Gasteiger partial charge >= 0.3 is 0 Å². The first kappa shape index (κ1) is 16.6. The lowest BCUT2D eigenvalue weighted by atomic mass is 10.0. The summed E-state index contributed by atoms with van der Waals surface area (Å²) in [5.74, 6) is 0.784. The van der Waals surface area contributed by atoms with Crippen LogP contribution >= 0.6 is 0 Å². The van der Waals surface area contributed by atoms with Gasteiger partial charge in [-0.2, -0.15) is 0 Å². The van der Waals surface area contributed by atoms with Crippen LogP contribution in [0.3, 0.4) is 0 Å². The Morgan fingerprint density at radius 1 is 1.42 bits per heavy atom. The normalized spacial score (nSPS) is 14.7. The van der Waals surface area contributed by atoms with Gasteiger partial charge in [0.2, 0.25) is 0 Å². The lowest BCUT2D eigenvalue weighted by molar-refractivity contribution is 0.239. The molecule has 1 N–H and O–H groups in total. The van der Waals surface area contributed by atoms with Crippen LogP contribution in [0, 0.1) is 5.82 Å². The molecule has 0 amide bonds. The minimum atomic E-state index is -0.357. The maximum absolute atomic E-state index is 13.8. The first-order valence-corrected chi connectivity index (χ1v) is 8.14. The Kier molecular flexibility index (Phi) is 4.66. The van der Waals surface area contributed by atoms with Crippen LogP contribution in [0.25, 0.3) is 0 Å². The maximum Gasteiger partial charge on any atom is 0.254 e. The summed E-state index contributed by atoms with van der Waals surface area (Å²) in [6.45, 7) is 5.99. The van der Waals surface area contributed by atoms with Gasteiger partial charge in [0.15, 0.2) is 11.6 Å². The Hall–Kier alpha value is -2.21. The number of aromatic amines is 1. The largest absolute Gasteiger partial charge is 0.494 e. The second-order valence-corrected chi connectivity index (χ2v) is 6.46. The van der Waals surface area contributed by atoms with Gasteiger partial charge in [-0.15, -0.1) is 0 Å². The minimum Gasteiger partial charge on any atom is -0.494 e. The number of benzene rings is 1. The number of methoxy groups -OCH3 is 1. The third kappa shape index (κ3) is 3.33. The van der Waals surface area contributed by atoms with E-state index < -0.39 is 0 Å². The van der Waals surface area contributed by atoms with Crippen LogP contribution in [0.15, 0.2) is 23.0 Å². The van der Waals surface area contributed by atoms with Gasteiger partial charge in [-0.05, 0) is 24.1 Å². The summed E-state index contributed by atoms with van der Waals surface area (Å²) >= 11 is 0. The van der Waals surface area contributed by atoms with Gasteiger partial charge in [-0.3, -0.25) is 9.69 Å². The number of fused-ring (bicyclic) bond motifs is 1. The monoisotopic (exact) mass is 331 g/mol. The summed E-state index contributed by atoms with van der Waals surface area (Å²) in [5, 5.41) is 0. The summed E-state index contributed by atoms with van der Waals surface area (Å²) < 4.78 is 18.8. The van der Waals surface area contributed by atoms with Gasteiger partial charge in [-0.25, -0.2) is 9.37 Å². The Morgan fingerprint density at radius 3 is 2.88 bits per heavy atom. The fourth-order valence-electron chi connectivity index (χ4n) is 2.99. The molecule has 0 unspecified atom stereocenters. The van der Waals surface area contributed by atoms with Gasteiger partial charge in [-0.1, -0.05) is 19.9 Å². The van der Waals surface area contributed by atoms with Crippen molar-refractivity contribution >= 4 is 0 Å². The molecule has 128 valence electrons. The fourth-order valence-corrected chi connectivity index (χ4v) is 2.99. The van der Waals surface area contributed by atoms with Crippen LogP contribution in [-0.2, 0) is 19.5 Å². The van der Waals surface area contributed by atoms with E-state index in [0.717, 1.165) is 29.2 Å². The molecule has 1 aromatic carbocycles. The van der Waals surface area contributed by atoms with E-state index in [1.165, 1.54) is 13.2 Å². The molecule has 5 nitrogen and oxygen atoms in total. The highest BCUT2D eigenvalue weighted by atomic mass is 19.1. The van der Waals surface area contributed by atoms with Crippen LogP contribution in [0.2, 0.25) is 0 Å². The van der Waals surface area contributed by atoms with Crippen LogP contribution in [0.5, 0.6) is 5.75 Å². The number of hydrogen-bond donors (Lipinski definition) is 1. The summed E-state index contributed by atoms with van der Waals surface area (Å²) in [5.41, 5.74) is 2.46. The zero-order valence-corrected chi connectivity index (χ0v) is 14.2. The third-order valence-corrected chi connectivity index (χ3v) is 4.34. The minimum absolute atomic E-state index is 0.0289. The standard InChI is InChI=1S/C18H22FN3O2/c1-11(2)17-20-15-10-22(7-6-13(15)18(23)21-17)9-12-4-5-16(24-3)14(19)8-12/h4-5,8,11H,6-7,9-10H2,1-3H3,(H,20,21,23). The van der Waals surface area contributed by atoms with Crippen molar-refractivity contribution in [2.24, 2.45) is 0 Å². The molecule has 0 aliphatic carbocycles. The van der Waals surface area contributed by atoms with Crippen molar-refractivity contribution in [1.82, 2.24) is 14.9 Å². The number of rotatable bonds is 4. The molecule has 0 spiro atoms. The summed E-state index contributed by atoms with van der Waals surface area (Å²) in [7, 11) is 1.45. The second kappa shape index (κ2) is 6.73. The van der Waals surface area contributed by atoms with E-state index in [1.54, 1.807) is 6.07 Å². The van der Waals surface area contributed by atoms with E-state index in [9.17, 15) is 9.18 Å². The van der Waals surface area contributed by atoms with Gasteiger partial charge < -0.3 is 9.72 Å². The Morgan fingerprint density at radius 2 is 2.21 bits per heavy atom. The van der Waals surface area contributed by atoms with E-state index in [-0.39, 0.29) is 23.0 Å². The molecule has 0 radical (unpaired) electrons. The molecule has 24 heavy (non-hydrogen) atoms. The number of hydrogen-bond acceptors (Lipinski definition) is 4. The fraction of sp³-hybridized carbons (Fsp3) is 0.444. The van der Waals surface area contributed by atoms with E-state index >= 15 is 0 Å². The first-order chi connectivity index (χ1) is 11.5. The molecule has 0 bridgehead atoms. The predicted octanol–water partition coefficient (Wildman–Crippen LogP) is 2.60. The average Bonchev–Trinajstić information content (AvgIpc) is 2.54. The zero-order chi connectivity index (χ0) is 17.3. The molecule has 3 rings (SSSR count). The Labute approximate surface area is 140 Å². The lowest BCUT2D eigenvalue weighted by Gasteiger charge is -2.28. The van der Waals surface area contributed by atoms with Gasteiger partial charge in [0, 0.05) is 31.1 Å².